The van der Waals surface area contributed by atoms with E-state index in [2.05, 4.69) is 0 Å². The molecule has 0 atom stereocenters. The Balaban J connectivity index is 3.48. The van der Waals surface area contributed by atoms with E-state index in [1.54, 1.807) is 6.07 Å². The van der Waals surface area contributed by atoms with Crippen molar-refractivity contribution in [1.82, 2.24) is 0 Å². The van der Waals surface area contributed by atoms with E-state index in [1.165, 1.54) is 13.0 Å². The number of Topliss-reactive ketones (excluding diaryl/α,β-unsaturated/α-hetero) is 1. The zero-order valence-electron chi connectivity index (χ0n) is 7.72. The molecular formula is C10H6ClF2NO. The van der Waals surface area contributed by atoms with Gasteiger partial charge in [0.1, 0.15) is 6.07 Å². The van der Waals surface area contributed by atoms with Crippen LogP contribution < -0.4 is 0 Å². The Morgan fingerprint density at radius 2 is 2.13 bits per heavy atom. The zero-order chi connectivity index (χ0) is 11.6. The molecule has 0 aliphatic rings. The van der Waals surface area contributed by atoms with Crippen molar-refractivity contribution in [2.75, 3.05) is 0 Å². The van der Waals surface area contributed by atoms with Crippen molar-refractivity contribution < 1.29 is 13.6 Å². The number of hydrogen-bond acceptors (Lipinski definition) is 2. The molecule has 1 aromatic rings. The molecule has 5 heteroatoms. The Bertz CT molecular complexity index is 451. The summed E-state index contributed by atoms with van der Waals surface area (Å²) in [6, 6.07) is 3.83. The van der Waals surface area contributed by atoms with Crippen LogP contribution >= 0.6 is 11.6 Å². The van der Waals surface area contributed by atoms with Gasteiger partial charge in [-0.3, -0.25) is 4.79 Å². The highest BCUT2D eigenvalue weighted by molar-refractivity contribution is 6.35. The van der Waals surface area contributed by atoms with Gasteiger partial charge in [0.25, 0.3) is 6.43 Å². The first-order chi connectivity index (χ1) is 6.99. The van der Waals surface area contributed by atoms with Crippen LogP contribution in [-0.2, 0) is 0 Å². The lowest BCUT2D eigenvalue weighted by atomic mass is 10.0. The van der Waals surface area contributed by atoms with Gasteiger partial charge in [-0.25, -0.2) is 8.78 Å². The summed E-state index contributed by atoms with van der Waals surface area (Å²) >= 11 is 5.68. The average Bonchev–Trinajstić information content (AvgIpc) is 2.16. The van der Waals surface area contributed by atoms with E-state index < -0.39 is 12.0 Å². The quantitative estimate of drug-likeness (QED) is 0.730. The molecule has 0 amide bonds. The zero-order valence-corrected chi connectivity index (χ0v) is 8.48. The highest BCUT2D eigenvalue weighted by Crippen LogP contribution is 2.30. The van der Waals surface area contributed by atoms with E-state index in [-0.39, 0.29) is 21.9 Å². The van der Waals surface area contributed by atoms with Gasteiger partial charge >= 0.3 is 0 Å². The molecule has 1 rings (SSSR count). The number of carbonyl (C=O) groups is 1. The fraction of sp³-hybridized carbons (Fsp3) is 0.200. The summed E-state index contributed by atoms with van der Waals surface area (Å²) in [4.78, 5) is 11.0. The maximum Gasteiger partial charge on any atom is 0.265 e. The molecule has 0 unspecified atom stereocenters. The fourth-order valence-electron chi connectivity index (χ4n) is 1.16. The monoisotopic (exact) mass is 229 g/mol. The van der Waals surface area contributed by atoms with E-state index in [0.29, 0.717) is 0 Å². The van der Waals surface area contributed by atoms with Gasteiger partial charge in [-0.1, -0.05) is 17.7 Å². The third-order valence-electron chi connectivity index (χ3n) is 1.90. The lowest BCUT2D eigenvalue weighted by Gasteiger charge is -2.07. The van der Waals surface area contributed by atoms with E-state index in [1.807, 2.05) is 0 Å². The second-order valence-corrected chi connectivity index (χ2v) is 3.24. The highest BCUT2D eigenvalue weighted by Gasteiger charge is 2.19. The number of rotatable bonds is 2. The Morgan fingerprint density at radius 1 is 1.53 bits per heavy atom. The van der Waals surface area contributed by atoms with Gasteiger partial charge < -0.3 is 0 Å². The molecule has 15 heavy (non-hydrogen) atoms. The second-order valence-electron chi connectivity index (χ2n) is 2.86. The van der Waals surface area contributed by atoms with Gasteiger partial charge in [0.2, 0.25) is 0 Å². The van der Waals surface area contributed by atoms with Gasteiger partial charge in [0, 0.05) is 11.1 Å². The van der Waals surface area contributed by atoms with Gasteiger partial charge in [0.15, 0.2) is 5.78 Å². The molecule has 0 aromatic heterocycles. The lowest BCUT2D eigenvalue weighted by molar-refractivity contribution is 0.101. The Morgan fingerprint density at radius 3 is 2.53 bits per heavy atom. The molecule has 0 fully saturated rings. The Hall–Kier alpha value is -1.47. The maximum absolute atomic E-state index is 12.4. The normalized spacial score (nSPS) is 10.1. The number of halogens is 3. The van der Waals surface area contributed by atoms with Gasteiger partial charge in [0.05, 0.1) is 10.6 Å². The number of nitriles is 1. The highest BCUT2D eigenvalue weighted by atomic mass is 35.5. The van der Waals surface area contributed by atoms with Crippen LogP contribution in [0.3, 0.4) is 0 Å². The topological polar surface area (TPSA) is 40.9 Å². The van der Waals surface area contributed by atoms with Crippen LogP contribution in [0.5, 0.6) is 0 Å². The van der Waals surface area contributed by atoms with Crippen LogP contribution in [0.1, 0.15) is 34.8 Å². The van der Waals surface area contributed by atoms with E-state index >= 15 is 0 Å². The summed E-state index contributed by atoms with van der Waals surface area (Å²) in [6.07, 6.45) is -2.78. The van der Waals surface area contributed by atoms with Crippen molar-refractivity contribution in [3.63, 3.8) is 0 Å². The SMILES string of the molecule is CC(=O)c1ccc(C(F)F)c(C#N)c1Cl. The number of benzene rings is 1. The summed E-state index contributed by atoms with van der Waals surface area (Å²) < 4.78 is 24.9. The Labute approximate surface area is 90.1 Å². The minimum Gasteiger partial charge on any atom is -0.294 e. The second kappa shape index (κ2) is 4.37. The third kappa shape index (κ3) is 2.13. The van der Waals surface area contributed by atoms with Crippen LogP contribution in [0.4, 0.5) is 8.78 Å². The summed E-state index contributed by atoms with van der Waals surface area (Å²) in [5.41, 5.74) is -0.704. The standard InChI is InChI=1S/C10H6ClF2NO/c1-5(15)6-2-3-7(10(12)13)8(4-14)9(6)11/h2-3,10H,1H3. The molecule has 2 nitrogen and oxygen atoms in total. The molecule has 0 N–H and O–H groups in total. The van der Waals surface area contributed by atoms with Crippen molar-refractivity contribution in [3.8, 4) is 6.07 Å². The molecule has 0 radical (unpaired) electrons. The molecule has 1 aromatic carbocycles. The van der Waals surface area contributed by atoms with Crippen molar-refractivity contribution in [2.45, 2.75) is 13.3 Å². The number of ketones is 1. The minimum absolute atomic E-state index is 0.0811. The summed E-state index contributed by atoms with van der Waals surface area (Å²) in [5.74, 6) is -0.364. The third-order valence-corrected chi connectivity index (χ3v) is 2.29. The number of carbonyl (C=O) groups excluding carboxylic acids is 1. The number of hydrogen-bond donors (Lipinski definition) is 0. The van der Waals surface area contributed by atoms with Crippen molar-refractivity contribution in [2.24, 2.45) is 0 Å². The minimum atomic E-state index is -2.78. The first kappa shape index (κ1) is 11.6. The fourth-order valence-corrected chi connectivity index (χ4v) is 1.51. The van der Waals surface area contributed by atoms with E-state index in [9.17, 15) is 13.6 Å². The summed E-state index contributed by atoms with van der Waals surface area (Å²) in [6.45, 7) is 1.25. The molecule has 0 spiro atoms. The van der Waals surface area contributed by atoms with Crippen LogP contribution in [0.15, 0.2) is 12.1 Å². The van der Waals surface area contributed by atoms with Crippen molar-refractivity contribution >= 4 is 17.4 Å². The molecule has 0 heterocycles. The average molecular weight is 230 g/mol. The molecule has 0 aliphatic carbocycles. The van der Waals surface area contributed by atoms with Crippen LogP contribution in [0.25, 0.3) is 0 Å². The van der Waals surface area contributed by atoms with Crippen molar-refractivity contribution in [3.05, 3.63) is 33.8 Å². The van der Waals surface area contributed by atoms with E-state index in [4.69, 9.17) is 16.9 Å². The summed E-state index contributed by atoms with van der Waals surface area (Å²) in [7, 11) is 0. The molecule has 0 aliphatic heterocycles. The van der Waals surface area contributed by atoms with Crippen molar-refractivity contribution in [1.29, 1.82) is 5.26 Å². The van der Waals surface area contributed by atoms with Gasteiger partial charge in [-0.15, -0.1) is 0 Å². The largest absolute Gasteiger partial charge is 0.294 e. The molecule has 0 saturated carbocycles. The predicted molar refractivity (Wildman–Crippen MR) is 51.1 cm³/mol. The Kier molecular flexibility index (Phi) is 3.38. The first-order valence-electron chi connectivity index (χ1n) is 4.00. The van der Waals surface area contributed by atoms with Gasteiger partial charge in [-0.2, -0.15) is 5.26 Å². The first-order valence-corrected chi connectivity index (χ1v) is 4.38. The van der Waals surface area contributed by atoms with Crippen LogP contribution in [0, 0.1) is 11.3 Å². The van der Waals surface area contributed by atoms with Crippen LogP contribution in [0.2, 0.25) is 5.02 Å². The maximum atomic E-state index is 12.4. The predicted octanol–water partition coefficient (Wildman–Crippen LogP) is 3.35. The molecule has 0 saturated heterocycles. The van der Waals surface area contributed by atoms with Gasteiger partial charge in [-0.05, 0) is 13.0 Å². The van der Waals surface area contributed by atoms with Crippen LogP contribution in [-0.4, -0.2) is 5.78 Å². The molecule has 0 bridgehead atoms. The smallest absolute Gasteiger partial charge is 0.265 e. The molecule has 78 valence electrons. The molecular weight excluding hydrogens is 224 g/mol. The lowest BCUT2D eigenvalue weighted by Crippen LogP contribution is -1.99. The van der Waals surface area contributed by atoms with E-state index in [0.717, 1.165) is 6.07 Å². The number of alkyl halides is 2. The number of nitrogens with zero attached hydrogens (tertiary/aromatic N) is 1. The summed E-state index contributed by atoms with van der Waals surface area (Å²) in [5, 5.41) is 8.47.